The van der Waals surface area contributed by atoms with Crippen molar-refractivity contribution in [1.29, 1.82) is 0 Å². The van der Waals surface area contributed by atoms with Crippen LogP contribution in [0.4, 0.5) is 4.39 Å². The minimum absolute atomic E-state index is 0.310. The number of hydrogen-bond donors (Lipinski definition) is 0. The molecule has 2 aromatic rings. The van der Waals surface area contributed by atoms with E-state index in [1.165, 1.54) is 18.3 Å². The Labute approximate surface area is 96.5 Å². The molecule has 2 rings (SSSR count). The Bertz CT molecular complexity index is 500. The molecular formula is C11H6Cl2FN. The van der Waals surface area contributed by atoms with Crippen molar-refractivity contribution >= 4 is 23.2 Å². The van der Waals surface area contributed by atoms with Crippen LogP contribution in [0.1, 0.15) is 0 Å². The number of aromatic nitrogens is 1. The summed E-state index contributed by atoms with van der Waals surface area (Å²) in [5.74, 6) is -0.316. The number of hydrogen-bond acceptors (Lipinski definition) is 1. The van der Waals surface area contributed by atoms with Crippen molar-refractivity contribution in [2.45, 2.75) is 0 Å². The van der Waals surface area contributed by atoms with Crippen molar-refractivity contribution in [2.24, 2.45) is 0 Å². The Morgan fingerprint density at radius 1 is 1.13 bits per heavy atom. The standard InChI is InChI=1S/C11H6Cl2FN/c12-8-5-10(11(13)15-6-8)7-2-1-3-9(14)4-7/h1-6H. The van der Waals surface area contributed by atoms with Crippen molar-refractivity contribution in [3.63, 3.8) is 0 Å². The zero-order valence-electron chi connectivity index (χ0n) is 7.55. The molecule has 0 bridgehead atoms. The van der Waals surface area contributed by atoms with Gasteiger partial charge in [-0.2, -0.15) is 0 Å². The molecule has 0 saturated carbocycles. The molecule has 0 saturated heterocycles. The van der Waals surface area contributed by atoms with E-state index in [0.29, 0.717) is 21.3 Å². The summed E-state index contributed by atoms with van der Waals surface area (Å²) in [6.07, 6.45) is 1.45. The van der Waals surface area contributed by atoms with E-state index >= 15 is 0 Å². The molecule has 0 aliphatic rings. The van der Waals surface area contributed by atoms with Crippen LogP contribution in [-0.2, 0) is 0 Å². The maximum atomic E-state index is 13.0. The highest BCUT2D eigenvalue weighted by atomic mass is 35.5. The van der Waals surface area contributed by atoms with Crippen molar-refractivity contribution in [2.75, 3.05) is 0 Å². The lowest BCUT2D eigenvalue weighted by Gasteiger charge is -2.04. The fraction of sp³-hybridized carbons (Fsp3) is 0. The molecule has 0 radical (unpaired) electrons. The average molecular weight is 242 g/mol. The van der Waals surface area contributed by atoms with Crippen molar-refractivity contribution in [1.82, 2.24) is 4.98 Å². The molecule has 0 amide bonds. The smallest absolute Gasteiger partial charge is 0.136 e. The molecule has 0 fully saturated rings. The molecule has 0 unspecified atom stereocenters. The highest BCUT2D eigenvalue weighted by Crippen LogP contribution is 2.28. The van der Waals surface area contributed by atoms with E-state index in [1.54, 1.807) is 18.2 Å². The van der Waals surface area contributed by atoms with Gasteiger partial charge in [0.15, 0.2) is 0 Å². The largest absolute Gasteiger partial charge is 0.242 e. The van der Waals surface area contributed by atoms with Crippen LogP contribution in [0.5, 0.6) is 0 Å². The molecule has 1 aromatic heterocycles. The molecule has 15 heavy (non-hydrogen) atoms. The van der Waals surface area contributed by atoms with Crippen LogP contribution in [0.3, 0.4) is 0 Å². The molecular weight excluding hydrogens is 236 g/mol. The van der Waals surface area contributed by atoms with Crippen LogP contribution in [0.25, 0.3) is 11.1 Å². The number of pyridine rings is 1. The molecule has 1 heterocycles. The van der Waals surface area contributed by atoms with Crippen LogP contribution < -0.4 is 0 Å². The maximum Gasteiger partial charge on any atom is 0.136 e. The zero-order valence-corrected chi connectivity index (χ0v) is 9.06. The molecule has 76 valence electrons. The van der Waals surface area contributed by atoms with E-state index in [0.717, 1.165) is 0 Å². The SMILES string of the molecule is Fc1cccc(-c2cc(Cl)cnc2Cl)c1. The normalized spacial score (nSPS) is 10.3. The summed E-state index contributed by atoms with van der Waals surface area (Å²) in [7, 11) is 0. The fourth-order valence-corrected chi connectivity index (χ4v) is 1.65. The Morgan fingerprint density at radius 2 is 1.93 bits per heavy atom. The number of halogens is 3. The summed E-state index contributed by atoms with van der Waals surface area (Å²) in [6, 6.07) is 7.78. The maximum absolute atomic E-state index is 13.0. The first-order valence-electron chi connectivity index (χ1n) is 4.24. The summed E-state index contributed by atoms with van der Waals surface area (Å²) in [5.41, 5.74) is 1.29. The van der Waals surface area contributed by atoms with Gasteiger partial charge in [0, 0.05) is 11.8 Å². The zero-order chi connectivity index (χ0) is 10.8. The van der Waals surface area contributed by atoms with E-state index in [2.05, 4.69) is 4.98 Å². The fourth-order valence-electron chi connectivity index (χ4n) is 1.28. The first-order chi connectivity index (χ1) is 7.16. The van der Waals surface area contributed by atoms with Gasteiger partial charge in [0.25, 0.3) is 0 Å². The van der Waals surface area contributed by atoms with E-state index in [1.807, 2.05) is 0 Å². The van der Waals surface area contributed by atoms with Gasteiger partial charge < -0.3 is 0 Å². The summed E-state index contributed by atoms with van der Waals surface area (Å²) in [5, 5.41) is 0.781. The lowest BCUT2D eigenvalue weighted by Crippen LogP contribution is -1.84. The molecule has 4 heteroatoms. The van der Waals surface area contributed by atoms with Gasteiger partial charge in [-0.05, 0) is 23.8 Å². The summed E-state index contributed by atoms with van der Waals surface area (Å²) >= 11 is 11.7. The third kappa shape index (κ3) is 2.28. The second-order valence-electron chi connectivity index (χ2n) is 3.00. The molecule has 0 N–H and O–H groups in total. The van der Waals surface area contributed by atoms with Crippen LogP contribution in [-0.4, -0.2) is 4.98 Å². The van der Waals surface area contributed by atoms with E-state index in [-0.39, 0.29) is 5.82 Å². The van der Waals surface area contributed by atoms with E-state index in [4.69, 9.17) is 23.2 Å². The third-order valence-corrected chi connectivity index (χ3v) is 2.45. The molecule has 0 aliphatic heterocycles. The topological polar surface area (TPSA) is 12.9 Å². The van der Waals surface area contributed by atoms with Crippen LogP contribution in [0, 0.1) is 5.82 Å². The van der Waals surface area contributed by atoms with Gasteiger partial charge in [0.1, 0.15) is 11.0 Å². The van der Waals surface area contributed by atoms with Crippen molar-refractivity contribution in [3.05, 3.63) is 52.5 Å². The minimum atomic E-state index is -0.316. The summed E-state index contributed by atoms with van der Waals surface area (Å²) < 4.78 is 13.0. The lowest BCUT2D eigenvalue weighted by molar-refractivity contribution is 0.628. The number of nitrogens with zero attached hydrogens (tertiary/aromatic N) is 1. The Balaban J connectivity index is 2.58. The number of benzene rings is 1. The molecule has 0 atom stereocenters. The van der Waals surface area contributed by atoms with Crippen LogP contribution in [0.2, 0.25) is 10.2 Å². The third-order valence-electron chi connectivity index (χ3n) is 1.94. The Kier molecular flexibility index (Phi) is 2.89. The van der Waals surface area contributed by atoms with Gasteiger partial charge in [0.2, 0.25) is 0 Å². The molecule has 0 aliphatic carbocycles. The number of rotatable bonds is 1. The first-order valence-corrected chi connectivity index (χ1v) is 4.99. The quantitative estimate of drug-likeness (QED) is 0.683. The lowest BCUT2D eigenvalue weighted by atomic mass is 10.1. The second-order valence-corrected chi connectivity index (χ2v) is 3.80. The van der Waals surface area contributed by atoms with Gasteiger partial charge in [-0.1, -0.05) is 35.3 Å². The molecule has 0 spiro atoms. The van der Waals surface area contributed by atoms with Gasteiger partial charge >= 0.3 is 0 Å². The van der Waals surface area contributed by atoms with Crippen LogP contribution >= 0.6 is 23.2 Å². The predicted octanol–water partition coefficient (Wildman–Crippen LogP) is 4.19. The minimum Gasteiger partial charge on any atom is -0.242 e. The highest BCUT2D eigenvalue weighted by molar-refractivity contribution is 6.34. The van der Waals surface area contributed by atoms with Gasteiger partial charge in [-0.15, -0.1) is 0 Å². The van der Waals surface area contributed by atoms with Gasteiger partial charge in [-0.3, -0.25) is 0 Å². The Morgan fingerprint density at radius 3 is 2.67 bits per heavy atom. The van der Waals surface area contributed by atoms with E-state index < -0.39 is 0 Å². The van der Waals surface area contributed by atoms with Crippen molar-refractivity contribution < 1.29 is 4.39 Å². The second kappa shape index (κ2) is 4.17. The molecule has 1 aromatic carbocycles. The summed E-state index contributed by atoms with van der Waals surface area (Å²) in [4.78, 5) is 3.90. The summed E-state index contributed by atoms with van der Waals surface area (Å²) in [6.45, 7) is 0. The van der Waals surface area contributed by atoms with E-state index in [9.17, 15) is 4.39 Å². The Hall–Kier alpha value is -1.12. The van der Waals surface area contributed by atoms with Gasteiger partial charge in [0.05, 0.1) is 5.02 Å². The van der Waals surface area contributed by atoms with Crippen molar-refractivity contribution in [3.8, 4) is 11.1 Å². The first kappa shape index (κ1) is 10.4. The highest BCUT2D eigenvalue weighted by Gasteiger charge is 2.06. The molecule has 1 nitrogen and oxygen atoms in total. The average Bonchev–Trinajstić information content (AvgIpc) is 2.22. The monoisotopic (exact) mass is 241 g/mol. The van der Waals surface area contributed by atoms with Gasteiger partial charge in [-0.25, -0.2) is 9.37 Å². The predicted molar refractivity (Wildman–Crippen MR) is 59.7 cm³/mol. The van der Waals surface area contributed by atoms with Crippen LogP contribution in [0.15, 0.2) is 36.5 Å².